The van der Waals surface area contributed by atoms with Crippen LogP contribution in [0.5, 0.6) is 0 Å². The third kappa shape index (κ3) is 7.27. The van der Waals surface area contributed by atoms with Gasteiger partial charge in [0.25, 0.3) is 0 Å². The van der Waals surface area contributed by atoms with Crippen LogP contribution in [-0.4, -0.2) is 42.5 Å². The van der Waals surface area contributed by atoms with Crippen molar-refractivity contribution in [3.05, 3.63) is 53.9 Å². The van der Waals surface area contributed by atoms with Gasteiger partial charge in [0, 0.05) is 32.6 Å². The van der Waals surface area contributed by atoms with Crippen molar-refractivity contribution in [3.63, 3.8) is 0 Å². The summed E-state index contributed by atoms with van der Waals surface area (Å²) in [5.41, 5.74) is 2.24. The largest absolute Gasteiger partial charge is 0.383 e. The maximum atomic E-state index is 11.7. The van der Waals surface area contributed by atoms with Gasteiger partial charge in [0.15, 0.2) is 0 Å². The Morgan fingerprint density at radius 3 is 2.87 bits per heavy atom. The van der Waals surface area contributed by atoms with Crippen LogP contribution in [0.1, 0.15) is 11.1 Å². The Hall–Kier alpha value is -1.89. The molecule has 0 spiro atoms. The molecule has 1 heterocycles. The summed E-state index contributed by atoms with van der Waals surface area (Å²) in [5, 5.41) is 10.1. The van der Waals surface area contributed by atoms with Gasteiger partial charge in [-0.25, -0.2) is 0 Å². The number of carbonyl (C=O) groups excluding carboxylic acids is 1. The molecule has 0 saturated carbocycles. The van der Waals surface area contributed by atoms with E-state index < -0.39 is 0 Å². The first-order valence-electron chi connectivity index (χ1n) is 7.29. The lowest BCUT2D eigenvalue weighted by molar-refractivity contribution is -0.120. The predicted molar refractivity (Wildman–Crippen MR) is 91.6 cm³/mol. The van der Waals surface area contributed by atoms with Crippen LogP contribution in [0.2, 0.25) is 0 Å². The van der Waals surface area contributed by atoms with Gasteiger partial charge in [0.1, 0.15) is 0 Å². The van der Waals surface area contributed by atoms with Crippen molar-refractivity contribution < 1.29 is 9.53 Å². The zero-order chi connectivity index (χ0) is 15.6. The maximum absolute atomic E-state index is 11.7. The fourth-order valence-corrected chi connectivity index (χ4v) is 2.06. The summed E-state index contributed by atoms with van der Waals surface area (Å²) in [6, 6.07) is 10.0. The molecule has 0 fully saturated rings. The summed E-state index contributed by atoms with van der Waals surface area (Å²) in [5.74, 6) is -0.0198. The number of carbonyl (C=O) groups is 1. The minimum Gasteiger partial charge on any atom is -0.383 e. The van der Waals surface area contributed by atoms with Crippen LogP contribution in [0, 0.1) is 0 Å². The first-order valence-corrected chi connectivity index (χ1v) is 7.29. The van der Waals surface area contributed by atoms with Crippen LogP contribution in [0.15, 0.2) is 42.7 Å². The molecule has 2 N–H and O–H groups in total. The molecule has 0 unspecified atom stereocenters. The van der Waals surface area contributed by atoms with E-state index in [4.69, 9.17) is 4.74 Å². The predicted octanol–water partition coefficient (Wildman–Crippen LogP) is 1.21. The normalized spacial score (nSPS) is 10.1. The van der Waals surface area contributed by atoms with Gasteiger partial charge in [-0.1, -0.05) is 24.3 Å². The SMILES string of the molecule is COCCNCC(=O)NCc1cccc(Cn2cccn2)c1.Cl. The highest BCUT2D eigenvalue weighted by Crippen LogP contribution is 2.06. The van der Waals surface area contributed by atoms with Crippen molar-refractivity contribution in [1.29, 1.82) is 0 Å². The molecule has 1 aromatic heterocycles. The molecular formula is C16H23ClN4O2. The summed E-state index contributed by atoms with van der Waals surface area (Å²) < 4.78 is 6.78. The number of hydrogen-bond acceptors (Lipinski definition) is 4. The van der Waals surface area contributed by atoms with Gasteiger partial charge in [-0.05, 0) is 17.2 Å². The van der Waals surface area contributed by atoms with Gasteiger partial charge >= 0.3 is 0 Å². The number of amides is 1. The van der Waals surface area contributed by atoms with Crippen LogP contribution in [0.4, 0.5) is 0 Å². The zero-order valence-electron chi connectivity index (χ0n) is 13.2. The molecule has 0 saturated heterocycles. The highest BCUT2D eigenvalue weighted by molar-refractivity contribution is 5.85. The van der Waals surface area contributed by atoms with Gasteiger partial charge < -0.3 is 15.4 Å². The topological polar surface area (TPSA) is 68.2 Å². The average Bonchev–Trinajstić information content (AvgIpc) is 3.03. The Morgan fingerprint density at radius 1 is 1.30 bits per heavy atom. The average molecular weight is 339 g/mol. The molecule has 126 valence electrons. The number of ether oxygens (including phenoxy) is 1. The lowest BCUT2D eigenvalue weighted by atomic mass is 10.1. The van der Waals surface area contributed by atoms with E-state index in [9.17, 15) is 4.79 Å². The minimum atomic E-state index is -0.0198. The Kier molecular flexibility index (Phi) is 8.97. The Bertz CT molecular complexity index is 575. The van der Waals surface area contributed by atoms with Crippen molar-refractivity contribution in [2.75, 3.05) is 26.8 Å². The number of aromatic nitrogens is 2. The van der Waals surface area contributed by atoms with Crippen molar-refractivity contribution in [1.82, 2.24) is 20.4 Å². The van der Waals surface area contributed by atoms with Gasteiger partial charge in [-0.15, -0.1) is 12.4 Å². The second kappa shape index (κ2) is 10.8. The Morgan fingerprint density at radius 2 is 2.13 bits per heavy atom. The van der Waals surface area contributed by atoms with Gasteiger partial charge in [-0.2, -0.15) is 5.10 Å². The molecule has 0 aliphatic rings. The van der Waals surface area contributed by atoms with Crippen LogP contribution in [0.25, 0.3) is 0 Å². The third-order valence-electron chi connectivity index (χ3n) is 3.15. The van der Waals surface area contributed by atoms with E-state index in [1.165, 1.54) is 0 Å². The molecule has 0 radical (unpaired) electrons. The second-order valence-electron chi connectivity index (χ2n) is 4.97. The number of halogens is 1. The standard InChI is InChI=1S/C16H22N4O2.ClH/c1-22-9-7-17-12-16(21)18-11-14-4-2-5-15(10-14)13-20-8-3-6-19-20;/h2-6,8,10,17H,7,9,11-13H2,1H3,(H,18,21);1H. The first-order chi connectivity index (χ1) is 10.8. The monoisotopic (exact) mass is 338 g/mol. The molecule has 0 aliphatic heterocycles. The molecular weight excluding hydrogens is 316 g/mol. The van der Waals surface area contributed by atoms with Crippen molar-refractivity contribution in [2.45, 2.75) is 13.1 Å². The molecule has 23 heavy (non-hydrogen) atoms. The Labute approximate surface area is 142 Å². The van der Waals surface area contributed by atoms with Gasteiger partial charge in [0.2, 0.25) is 5.91 Å². The zero-order valence-corrected chi connectivity index (χ0v) is 14.0. The first kappa shape index (κ1) is 19.2. The van der Waals surface area contributed by atoms with E-state index in [2.05, 4.69) is 27.9 Å². The highest BCUT2D eigenvalue weighted by atomic mass is 35.5. The minimum absolute atomic E-state index is 0. The van der Waals surface area contributed by atoms with Crippen LogP contribution in [0.3, 0.4) is 0 Å². The van der Waals surface area contributed by atoms with Crippen molar-refractivity contribution >= 4 is 18.3 Å². The molecule has 1 aromatic carbocycles. The van der Waals surface area contributed by atoms with Crippen molar-refractivity contribution in [2.24, 2.45) is 0 Å². The molecule has 6 nitrogen and oxygen atoms in total. The highest BCUT2D eigenvalue weighted by Gasteiger charge is 2.02. The van der Waals surface area contributed by atoms with Gasteiger partial charge in [-0.3, -0.25) is 9.48 Å². The number of methoxy groups -OCH3 is 1. The molecule has 1 amide bonds. The fraction of sp³-hybridized carbons (Fsp3) is 0.375. The number of rotatable bonds is 9. The van der Waals surface area contributed by atoms with Gasteiger partial charge in [0.05, 0.1) is 19.7 Å². The van der Waals surface area contributed by atoms with Crippen LogP contribution in [-0.2, 0) is 22.6 Å². The quantitative estimate of drug-likeness (QED) is 0.674. The number of nitrogens with one attached hydrogen (secondary N) is 2. The van der Waals surface area contributed by atoms with E-state index in [0.29, 0.717) is 26.2 Å². The summed E-state index contributed by atoms with van der Waals surface area (Å²) in [6.45, 7) is 2.83. The van der Waals surface area contributed by atoms with E-state index >= 15 is 0 Å². The molecule has 2 rings (SSSR count). The van der Waals surface area contributed by atoms with E-state index in [1.807, 2.05) is 29.1 Å². The molecule has 7 heteroatoms. The van der Waals surface area contributed by atoms with E-state index in [1.54, 1.807) is 13.3 Å². The second-order valence-corrected chi connectivity index (χ2v) is 4.97. The fourth-order valence-electron chi connectivity index (χ4n) is 2.06. The van der Waals surface area contributed by atoms with E-state index in [0.717, 1.165) is 17.7 Å². The smallest absolute Gasteiger partial charge is 0.234 e. The van der Waals surface area contributed by atoms with E-state index in [-0.39, 0.29) is 18.3 Å². The summed E-state index contributed by atoms with van der Waals surface area (Å²) in [7, 11) is 1.64. The molecule has 0 atom stereocenters. The lowest BCUT2D eigenvalue weighted by Crippen LogP contribution is -2.34. The molecule has 0 aliphatic carbocycles. The van der Waals surface area contributed by atoms with Crippen molar-refractivity contribution in [3.8, 4) is 0 Å². The molecule has 0 bridgehead atoms. The number of hydrogen-bond donors (Lipinski definition) is 2. The third-order valence-corrected chi connectivity index (χ3v) is 3.15. The summed E-state index contributed by atoms with van der Waals surface area (Å²) >= 11 is 0. The Balaban J connectivity index is 0.00000264. The molecule has 2 aromatic rings. The number of nitrogens with zero attached hydrogens (tertiary/aromatic N) is 2. The summed E-state index contributed by atoms with van der Waals surface area (Å²) in [4.78, 5) is 11.7. The lowest BCUT2D eigenvalue weighted by Gasteiger charge is -2.08. The summed E-state index contributed by atoms with van der Waals surface area (Å²) in [6.07, 6.45) is 3.70. The van der Waals surface area contributed by atoms with Crippen LogP contribution < -0.4 is 10.6 Å². The van der Waals surface area contributed by atoms with Crippen LogP contribution >= 0.6 is 12.4 Å². The maximum Gasteiger partial charge on any atom is 0.234 e. The number of benzene rings is 1.